The van der Waals surface area contributed by atoms with Gasteiger partial charge in [-0.25, -0.2) is 4.79 Å². The molecule has 0 amide bonds. The van der Waals surface area contributed by atoms with Crippen LogP contribution in [0, 0.1) is 0 Å². The fourth-order valence-corrected chi connectivity index (χ4v) is 3.95. The van der Waals surface area contributed by atoms with E-state index in [-0.39, 0.29) is 5.56 Å². The first kappa shape index (κ1) is 24.4. The first-order valence-corrected chi connectivity index (χ1v) is 11.5. The van der Waals surface area contributed by atoms with Crippen LogP contribution in [0.1, 0.15) is 34.0 Å². The summed E-state index contributed by atoms with van der Waals surface area (Å²) in [5, 5.41) is 13.3. The number of carbonyl (C=O) groups is 1. The summed E-state index contributed by atoms with van der Waals surface area (Å²) >= 11 is 15.7. The van der Waals surface area contributed by atoms with Crippen molar-refractivity contribution in [2.75, 3.05) is 6.61 Å². The predicted octanol–water partition coefficient (Wildman–Crippen LogP) is 6.72. The van der Waals surface area contributed by atoms with E-state index in [1.807, 2.05) is 25.1 Å². The number of hydrogen-bond donors (Lipinski definition) is 2. The standard InChI is InChI=1S/C24H22BrCl2NO4/c1-2-31-22-11-17(13-28-12-15-3-6-18(7-4-15)24(29)30)9-19(25)23(22)32-14-16-5-8-20(26)21(27)10-16/h3-11,28H,2,12-14H2,1H3,(H,29,30). The zero-order valence-corrected chi connectivity index (χ0v) is 20.4. The normalized spacial score (nSPS) is 10.8. The molecule has 3 aromatic carbocycles. The number of aromatic carboxylic acids is 1. The van der Waals surface area contributed by atoms with E-state index in [9.17, 15) is 4.79 Å². The molecule has 0 radical (unpaired) electrons. The minimum absolute atomic E-state index is 0.274. The number of carboxylic acids is 1. The van der Waals surface area contributed by atoms with E-state index in [2.05, 4.69) is 21.2 Å². The SMILES string of the molecule is CCOc1cc(CNCc2ccc(C(=O)O)cc2)cc(Br)c1OCc1ccc(Cl)c(Cl)c1. The summed E-state index contributed by atoms with van der Waals surface area (Å²) in [7, 11) is 0. The second-order valence-corrected chi connectivity index (χ2v) is 8.65. The lowest BCUT2D eigenvalue weighted by Crippen LogP contribution is -2.13. The average Bonchev–Trinajstić information content (AvgIpc) is 2.76. The molecule has 0 saturated heterocycles. The molecule has 0 unspecified atom stereocenters. The first-order chi connectivity index (χ1) is 15.4. The molecule has 0 bridgehead atoms. The summed E-state index contributed by atoms with van der Waals surface area (Å²) in [5.41, 5.74) is 3.19. The van der Waals surface area contributed by atoms with Crippen molar-refractivity contribution in [3.63, 3.8) is 0 Å². The van der Waals surface area contributed by atoms with Crippen molar-refractivity contribution in [1.82, 2.24) is 5.32 Å². The van der Waals surface area contributed by atoms with Gasteiger partial charge < -0.3 is 19.9 Å². The smallest absolute Gasteiger partial charge is 0.335 e. The number of carboxylic acid groups (broad SMARTS) is 1. The van der Waals surface area contributed by atoms with Crippen molar-refractivity contribution >= 4 is 45.1 Å². The van der Waals surface area contributed by atoms with Gasteiger partial charge in [0, 0.05) is 13.1 Å². The Morgan fingerprint density at radius 1 is 0.938 bits per heavy atom. The molecule has 0 aliphatic carbocycles. The summed E-state index contributed by atoms with van der Waals surface area (Å²) < 4.78 is 12.6. The maximum absolute atomic E-state index is 11.0. The number of rotatable bonds is 10. The molecule has 0 saturated carbocycles. The third-order valence-corrected chi connectivity index (χ3v) is 5.92. The van der Waals surface area contributed by atoms with Gasteiger partial charge in [0.2, 0.25) is 0 Å². The molecule has 8 heteroatoms. The van der Waals surface area contributed by atoms with Crippen LogP contribution in [-0.2, 0) is 19.7 Å². The molecule has 168 valence electrons. The van der Waals surface area contributed by atoms with Crippen LogP contribution in [0.3, 0.4) is 0 Å². The highest BCUT2D eigenvalue weighted by Crippen LogP contribution is 2.37. The molecule has 0 aliphatic heterocycles. The van der Waals surface area contributed by atoms with Crippen LogP contribution in [0.4, 0.5) is 0 Å². The van der Waals surface area contributed by atoms with E-state index in [1.165, 1.54) is 0 Å². The van der Waals surface area contributed by atoms with Crippen LogP contribution < -0.4 is 14.8 Å². The summed E-state index contributed by atoms with van der Waals surface area (Å²) in [6.07, 6.45) is 0. The lowest BCUT2D eigenvalue weighted by molar-refractivity contribution is 0.0697. The Hall–Kier alpha value is -2.25. The highest BCUT2D eigenvalue weighted by Gasteiger charge is 2.13. The zero-order valence-electron chi connectivity index (χ0n) is 17.3. The maximum atomic E-state index is 11.0. The molecule has 0 fully saturated rings. The van der Waals surface area contributed by atoms with E-state index in [0.29, 0.717) is 47.8 Å². The van der Waals surface area contributed by atoms with Crippen molar-refractivity contribution in [2.45, 2.75) is 26.6 Å². The molecule has 2 N–H and O–H groups in total. The Morgan fingerprint density at radius 2 is 1.62 bits per heavy atom. The van der Waals surface area contributed by atoms with Crippen LogP contribution in [0.5, 0.6) is 11.5 Å². The third kappa shape index (κ3) is 6.62. The molecule has 0 aliphatic rings. The summed E-state index contributed by atoms with van der Waals surface area (Å²) in [5.74, 6) is 0.328. The second kappa shape index (κ2) is 11.6. The molecule has 3 aromatic rings. The lowest BCUT2D eigenvalue weighted by atomic mass is 10.1. The van der Waals surface area contributed by atoms with Crippen molar-refractivity contribution in [1.29, 1.82) is 0 Å². The van der Waals surface area contributed by atoms with E-state index in [1.54, 1.807) is 36.4 Å². The van der Waals surface area contributed by atoms with Gasteiger partial charge in [0.25, 0.3) is 0 Å². The molecular weight excluding hydrogens is 517 g/mol. The van der Waals surface area contributed by atoms with E-state index < -0.39 is 5.97 Å². The van der Waals surface area contributed by atoms with E-state index in [4.69, 9.17) is 37.8 Å². The fourth-order valence-electron chi connectivity index (χ4n) is 3.03. The second-order valence-electron chi connectivity index (χ2n) is 6.98. The van der Waals surface area contributed by atoms with Gasteiger partial charge in [0.1, 0.15) is 6.61 Å². The van der Waals surface area contributed by atoms with Crippen LogP contribution in [-0.4, -0.2) is 17.7 Å². The van der Waals surface area contributed by atoms with Gasteiger partial charge in [0.05, 0.1) is 26.7 Å². The molecule has 3 rings (SSSR count). The molecule has 0 atom stereocenters. The van der Waals surface area contributed by atoms with Gasteiger partial charge in [-0.1, -0.05) is 41.4 Å². The number of benzene rings is 3. The van der Waals surface area contributed by atoms with Gasteiger partial charge in [-0.05, 0) is 75.9 Å². The molecule has 5 nitrogen and oxygen atoms in total. The van der Waals surface area contributed by atoms with Crippen LogP contribution in [0.25, 0.3) is 0 Å². The minimum Gasteiger partial charge on any atom is -0.490 e. The number of halogens is 3. The summed E-state index contributed by atoms with van der Waals surface area (Å²) in [6.45, 7) is 3.95. The van der Waals surface area contributed by atoms with E-state index in [0.717, 1.165) is 21.2 Å². The predicted molar refractivity (Wildman–Crippen MR) is 130 cm³/mol. The van der Waals surface area contributed by atoms with Crippen molar-refractivity contribution in [3.8, 4) is 11.5 Å². The van der Waals surface area contributed by atoms with Gasteiger partial charge in [0.15, 0.2) is 11.5 Å². The van der Waals surface area contributed by atoms with Crippen molar-refractivity contribution in [3.05, 3.63) is 91.4 Å². The third-order valence-electron chi connectivity index (χ3n) is 4.60. The number of nitrogens with one attached hydrogen (secondary N) is 1. The van der Waals surface area contributed by atoms with Crippen LogP contribution in [0.15, 0.2) is 59.1 Å². The Morgan fingerprint density at radius 3 is 2.28 bits per heavy atom. The number of ether oxygens (including phenoxy) is 2. The topological polar surface area (TPSA) is 67.8 Å². The largest absolute Gasteiger partial charge is 0.490 e. The van der Waals surface area contributed by atoms with Gasteiger partial charge in [-0.3, -0.25) is 0 Å². The van der Waals surface area contributed by atoms with Gasteiger partial charge >= 0.3 is 5.97 Å². The number of hydrogen-bond acceptors (Lipinski definition) is 4. The summed E-state index contributed by atoms with van der Waals surface area (Å²) in [4.78, 5) is 11.0. The quantitative estimate of drug-likeness (QED) is 0.300. The average molecular weight is 539 g/mol. The fraction of sp³-hybridized carbons (Fsp3) is 0.208. The molecule has 32 heavy (non-hydrogen) atoms. The minimum atomic E-state index is -0.931. The Kier molecular flexibility index (Phi) is 8.82. The van der Waals surface area contributed by atoms with Crippen LogP contribution >= 0.6 is 39.1 Å². The maximum Gasteiger partial charge on any atom is 0.335 e. The summed E-state index contributed by atoms with van der Waals surface area (Å²) in [6, 6.07) is 16.1. The Labute approximate surface area is 205 Å². The van der Waals surface area contributed by atoms with Crippen molar-refractivity contribution in [2.24, 2.45) is 0 Å². The van der Waals surface area contributed by atoms with Gasteiger partial charge in [-0.2, -0.15) is 0 Å². The monoisotopic (exact) mass is 537 g/mol. The molecule has 0 spiro atoms. The van der Waals surface area contributed by atoms with E-state index >= 15 is 0 Å². The Bertz CT molecular complexity index is 1090. The highest BCUT2D eigenvalue weighted by molar-refractivity contribution is 9.10. The van der Waals surface area contributed by atoms with Crippen molar-refractivity contribution < 1.29 is 19.4 Å². The highest BCUT2D eigenvalue weighted by atomic mass is 79.9. The first-order valence-electron chi connectivity index (χ1n) is 9.92. The molecule has 0 heterocycles. The van der Waals surface area contributed by atoms with Gasteiger partial charge in [-0.15, -0.1) is 0 Å². The lowest BCUT2D eigenvalue weighted by Gasteiger charge is -2.16. The molecular formula is C24H22BrCl2NO4. The van der Waals surface area contributed by atoms with Crippen LogP contribution in [0.2, 0.25) is 10.0 Å². The zero-order chi connectivity index (χ0) is 23.1. The molecule has 0 aromatic heterocycles. The Balaban J connectivity index is 1.66.